The summed E-state index contributed by atoms with van der Waals surface area (Å²) in [6.45, 7) is 11.7. The molecule has 3 amide bonds. The van der Waals surface area contributed by atoms with E-state index in [-0.39, 0.29) is 17.0 Å². The molecule has 0 bridgehead atoms. The predicted molar refractivity (Wildman–Crippen MR) is 145 cm³/mol. The van der Waals surface area contributed by atoms with Crippen LogP contribution in [0.3, 0.4) is 0 Å². The topological polar surface area (TPSA) is 106 Å². The van der Waals surface area contributed by atoms with Crippen LogP contribution in [0.15, 0.2) is 41.4 Å². The van der Waals surface area contributed by atoms with Gasteiger partial charge < -0.3 is 20.6 Å². The van der Waals surface area contributed by atoms with Gasteiger partial charge in [-0.25, -0.2) is 14.2 Å². The average Bonchev–Trinajstić information content (AvgIpc) is 2.74. The Kier molecular flexibility index (Phi) is 9.58. The maximum Gasteiger partial charge on any atom is 0.324 e. The van der Waals surface area contributed by atoms with Crippen molar-refractivity contribution >= 4 is 41.0 Å². The Bertz CT molecular complexity index is 1100. The lowest BCUT2D eigenvalue weighted by Crippen LogP contribution is -2.29. The SMILES string of the molecule is Cc1ccc(NC(=O)NC=Nc2cc(N(C)C(=O)CC(C)(C)C)ccc2NCCC(C)(C)O)c(F)c1. The lowest BCUT2D eigenvalue weighted by atomic mass is 9.91. The quantitative estimate of drug-likeness (QED) is 0.267. The number of aliphatic hydroxyl groups is 1. The Hall–Kier alpha value is -3.46. The Balaban J connectivity index is 2.20. The largest absolute Gasteiger partial charge is 0.390 e. The molecular weight excluding hydrogens is 461 g/mol. The summed E-state index contributed by atoms with van der Waals surface area (Å²) >= 11 is 0. The highest BCUT2D eigenvalue weighted by Crippen LogP contribution is 2.31. The molecule has 0 radical (unpaired) electrons. The van der Waals surface area contributed by atoms with Crippen LogP contribution in [-0.4, -0.2) is 42.6 Å². The van der Waals surface area contributed by atoms with Crippen LogP contribution in [0, 0.1) is 18.2 Å². The Labute approximate surface area is 213 Å². The molecule has 0 saturated carbocycles. The molecule has 0 aliphatic carbocycles. The summed E-state index contributed by atoms with van der Waals surface area (Å²) in [5, 5.41) is 18.2. The minimum absolute atomic E-state index is 0.0298. The number of aryl methyl sites for hydroxylation is 1. The number of anilines is 3. The Morgan fingerprint density at radius 3 is 2.36 bits per heavy atom. The number of rotatable bonds is 9. The van der Waals surface area contributed by atoms with E-state index < -0.39 is 17.4 Å². The molecule has 9 heteroatoms. The van der Waals surface area contributed by atoms with E-state index >= 15 is 0 Å². The van der Waals surface area contributed by atoms with Crippen molar-refractivity contribution in [3.8, 4) is 0 Å². The monoisotopic (exact) mass is 499 g/mol. The first kappa shape index (κ1) is 28.8. The van der Waals surface area contributed by atoms with Crippen LogP contribution in [0.1, 0.15) is 53.0 Å². The molecule has 4 N–H and O–H groups in total. The summed E-state index contributed by atoms with van der Waals surface area (Å²) < 4.78 is 14.0. The molecule has 2 aromatic carbocycles. The van der Waals surface area contributed by atoms with Gasteiger partial charge in [-0.1, -0.05) is 26.8 Å². The fraction of sp³-hybridized carbons (Fsp3) is 0.444. The van der Waals surface area contributed by atoms with Gasteiger partial charge in [-0.3, -0.25) is 10.1 Å². The highest BCUT2D eigenvalue weighted by Gasteiger charge is 2.20. The maximum atomic E-state index is 14.0. The van der Waals surface area contributed by atoms with Crippen LogP contribution >= 0.6 is 0 Å². The molecule has 0 aromatic heterocycles. The van der Waals surface area contributed by atoms with Gasteiger partial charge in [-0.2, -0.15) is 0 Å². The van der Waals surface area contributed by atoms with Crippen LogP contribution < -0.4 is 20.9 Å². The first-order valence-corrected chi connectivity index (χ1v) is 11.9. The van der Waals surface area contributed by atoms with Gasteiger partial charge in [-0.15, -0.1) is 0 Å². The molecule has 0 atom stereocenters. The first-order chi connectivity index (χ1) is 16.6. The zero-order chi connectivity index (χ0) is 27.1. The van der Waals surface area contributed by atoms with Crippen molar-refractivity contribution in [1.82, 2.24) is 5.32 Å². The van der Waals surface area contributed by atoms with Crippen LogP contribution in [-0.2, 0) is 4.79 Å². The molecule has 2 aromatic rings. The minimum Gasteiger partial charge on any atom is -0.390 e. The number of hydrogen-bond donors (Lipinski definition) is 4. The summed E-state index contributed by atoms with van der Waals surface area (Å²) in [5.74, 6) is -0.561. The number of aliphatic imine (C=N–C) groups is 1. The highest BCUT2D eigenvalue weighted by atomic mass is 19.1. The molecule has 0 aliphatic heterocycles. The van der Waals surface area contributed by atoms with Gasteiger partial charge in [0.2, 0.25) is 5.91 Å². The standard InChI is InChI=1S/C27H38FN5O3/c1-18-8-10-21(20(28)14-18)32-25(35)31-17-30-23-15-19(33(7)24(34)16-26(2,3)4)9-11-22(23)29-13-12-27(5,6)36/h8-11,14-15,17,29,36H,12-13,16H2,1-7H3,(H2,30,31,32,35). The smallest absolute Gasteiger partial charge is 0.324 e. The second kappa shape index (κ2) is 12.0. The number of benzene rings is 2. The first-order valence-electron chi connectivity index (χ1n) is 11.9. The molecule has 36 heavy (non-hydrogen) atoms. The van der Waals surface area contributed by atoms with Crippen LogP contribution in [0.4, 0.5) is 31.9 Å². The number of amides is 3. The molecular formula is C27H38FN5O3. The molecule has 0 aliphatic rings. The van der Waals surface area contributed by atoms with Gasteiger partial charge in [0.05, 0.1) is 29.0 Å². The van der Waals surface area contributed by atoms with Crippen molar-refractivity contribution in [2.45, 2.75) is 60.0 Å². The maximum absolute atomic E-state index is 14.0. The normalized spacial score (nSPS) is 11.9. The van der Waals surface area contributed by atoms with E-state index in [0.717, 1.165) is 5.56 Å². The van der Waals surface area contributed by atoms with Crippen LogP contribution in [0.5, 0.6) is 0 Å². The fourth-order valence-electron chi connectivity index (χ4n) is 3.24. The predicted octanol–water partition coefficient (Wildman–Crippen LogP) is 5.59. The van der Waals surface area contributed by atoms with E-state index in [2.05, 4.69) is 20.9 Å². The van der Waals surface area contributed by atoms with Gasteiger partial charge >= 0.3 is 6.03 Å². The van der Waals surface area contributed by atoms with Crippen molar-refractivity contribution < 1.29 is 19.1 Å². The van der Waals surface area contributed by atoms with Gasteiger partial charge in [0, 0.05) is 25.7 Å². The fourth-order valence-corrected chi connectivity index (χ4v) is 3.24. The molecule has 0 unspecified atom stereocenters. The second-order valence-corrected chi connectivity index (χ2v) is 10.7. The zero-order valence-electron chi connectivity index (χ0n) is 22.2. The highest BCUT2D eigenvalue weighted by molar-refractivity contribution is 5.97. The van der Waals surface area contributed by atoms with Gasteiger partial charge in [0.15, 0.2) is 0 Å². The van der Waals surface area contributed by atoms with E-state index in [4.69, 9.17) is 0 Å². The molecule has 0 fully saturated rings. The number of halogens is 1. The second-order valence-electron chi connectivity index (χ2n) is 10.7. The van der Waals surface area contributed by atoms with Gasteiger partial charge in [0.1, 0.15) is 5.82 Å². The van der Waals surface area contributed by atoms with Crippen molar-refractivity contribution in [3.05, 3.63) is 47.8 Å². The molecule has 8 nitrogen and oxygen atoms in total. The van der Waals surface area contributed by atoms with Crippen LogP contribution in [0.25, 0.3) is 0 Å². The van der Waals surface area contributed by atoms with E-state index in [1.165, 1.54) is 18.5 Å². The van der Waals surface area contributed by atoms with Crippen molar-refractivity contribution in [1.29, 1.82) is 0 Å². The third kappa shape index (κ3) is 9.65. The lowest BCUT2D eigenvalue weighted by Gasteiger charge is -2.24. The summed E-state index contributed by atoms with van der Waals surface area (Å²) in [6.07, 6.45) is 2.09. The number of nitrogens with one attached hydrogen (secondary N) is 3. The number of carbonyl (C=O) groups is 2. The van der Waals surface area contributed by atoms with Gasteiger partial charge in [-0.05, 0) is 68.5 Å². The van der Waals surface area contributed by atoms with Crippen molar-refractivity contribution in [2.24, 2.45) is 10.4 Å². The summed E-state index contributed by atoms with van der Waals surface area (Å²) in [7, 11) is 1.71. The third-order valence-corrected chi connectivity index (χ3v) is 5.25. The molecule has 0 spiro atoms. The van der Waals surface area contributed by atoms with E-state index in [1.807, 2.05) is 26.8 Å². The van der Waals surface area contributed by atoms with E-state index in [9.17, 15) is 19.1 Å². The van der Waals surface area contributed by atoms with E-state index in [1.54, 1.807) is 50.9 Å². The Morgan fingerprint density at radius 2 is 1.75 bits per heavy atom. The van der Waals surface area contributed by atoms with Crippen molar-refractivity contribution in [2.75, 3.05) is 29.1 Å². The molecule has 0 heterocycles. The third-order valence-electron chi connectivity index (χ3n) is 5.25. The van der Waals surface area contributed by atoms with Crippen LogP contribution in [0.2, 0.25) is 0 Å². The lowest BCUT2D eigenvalue weighted by molar-refractivity contribution is -0.120. The molecule has 196 valence electrons. The average molecular weight is 500 g/mol. The molecule has 0 saturated heterocycles. The summed E-state index contributed by atoms with van der Waals surface area (Å²) in [6, 6.07) is 9.22. The number of carbonyl (C=O) groups excluding carboxylic acids is 2. The summed E-state index contributed by atoms with van der Waals surface area (Å²) in [5.41, 5.74) is 1.62. The number of urea groups is 1. The number of hydrogen-bond acceptors (Lipinski definition) is 5. The Morgan fingerprint density at radius 1 is 1.08 bits per heavy atom. The molecule has 2 rings (SSSR count). The zero-order valence-corrected chi connectivity index (χ0v) is 22.2. The van der Waals surface area contributed by atoms with E-state index in [0.29, 0.717) is 36.4 Å². The van der Waals surface area contributed by atoms with Gasteiger partial charge in [0.25, 0.3) is 0 Å². The summed E-state index contributed by atoms with van der Waals surface area (Å²) in [4.78, 5) is 30.9. The number of nitrogens with zero attached hydrogens (tertiary/aromatic N) is 2. The minimum atomic E-state index is -0.832. The van der Waals surface area contributed by atoms with Crippen molar-refractivity contribution in [3.63, 3.8) is 0 Å².